The summed E-state index contributed by atoms with van der Waals surface area (Å²) < 4.78 is 13.4. The molecule has 0 radical (unpaired) electrons. The first-order valence-electron chi connectivity index (χ1n) is 9.74. The molecule has 1 aromatic carbocycles. The Bertz CT molecular complexity index is 871. The van der Waals surface area contributed by atoms with Gasteiger partial charge in [0.25, 0.3) is 0 Å². The number of carboxylic acid groups (broad SMARTS) is 1. The molecule has 1 fully saturated rings. The lowest BCUT2D eigenvalue weighted by Gasteiger charge is -2.39. The molecule has 0 saturated carbocycles. The van der Waals surface area contributed by atoms with Crippen LogP contribution < -0.4 is 0 Å². The molecule has 152 valence electrons. The largest absolute Gasteiger partial charge is 0.481 e. The number of nitrogens with one attached hydrogen (secondary N) is 1. The number of fused-ring (bicyclic) bond motifs is 1. The summed E-state index contributed by atoms with van der Waals surface area (Å²) in [5, 5.41) is 9.28. The van der Waals surface area contributed by atoms with Gasteiger partial charge in [0.05, 0.1) is 11.0 Å². The molecule has 1 aliphatic heterocycles. The van der Waals surface area contributed by atoms with Crippen LogP contribution in [0.15, 0.2) is 18.2 Å². The van der Waals surface area contributed by atoms with Crippen LogP contribution in [-0.2, 0) is 16.0 Å². The van der Waals surface area contributed by atoms with E-state index in [9.17, 15) is 19.1 Å². The van der Waals surface area contributed by atoms with Crippen molar-refractivity contribution in [3.8, 4) is 0 Å². The second kappa shape index (κ2) is 7.89. The molecule has 7 heteroatoms. The number of piperidine rings is 1. The zero-order valence-corrected chi connectivity index (χ0v) is 16.7. The summed E-state index contributed by atoms with van der Waals surface area (Å²) in [6.45, 7) is 7.22. The summed E-state index contributed by atoms with van der Waals surface area (Å²) >= 11 is 0. The van der Waals surface area contributed by atoms with Crippen LogP contribution in [0.1, 0.15) is 45.9 Å². The van der Waals surface area contributed by atoms with Crippen LogP contribution in [0.4, 0.5) is 4.39 Å². The van der Waals surface area contributed by atoms with Crippen molar-refractivity contribution in [3.05, 3.63) is 29.8 Å². The molecule has 6 nitrogen and oxygen atoms in total. The number of aromatic amines is 1. The molecular weight excluding hydrogens is 361 g/mol. The Morgan fingerprint density at radius 2 is 2.07 bits per heavy atom. The van der Waals surface area contributed by atoms with E-state index in [2.05, 4.69) is 9.97 Å². The van der Waals surface area contributed by atoms with Gasteiger partial charge in [-0.05, 0) is 41.9 Å². The summed E-state index contributed by atoms with van der Waals surface area (Å²) in [4.78, 5) is 33.5. The molecule has 0 unspecified atom stereocenters. The fourth-order valence-corrected chi connectivity index (χ4v) is 3.98. The Balaban J connectivity index is 1.77. The van der Waals surface area contributed by atoms with Gasteiger partial charge in [-0.25, -0.2) is 9.37 Å². The number of amides is 1. The van der Waals surface area contributed by atoms with Crippen LogP contribution >= 0.6 is 0 Å². The highest BCUT2D eigenvalue weighted by Crippen LogP contribution is 2.31. The van der Waals surface area contributed by atoms with Crippen molar-refractivity contribution in [1.29, 1.82) is 0 Å². The van der Waals surface area contributed by atoms with Crippen LogP contribution in [-0.4, -0.2) is 44.9 Å². The van der Waals surface area contributed by atoms with Crippen molar-refractivity contribution >= 4 is 22.9 Å². The van der Waals surface area contributed by atoms with Crippen molar-refractivity contribution in [2.45, 2.75) is 46.5 Å². The van der Waals surface area contributed by atoms with E-state index in [1.807, 2.05) is 25.7 Å². The van der Waals surface area contributed by atoms with Gasteiger partial charge in [0.1, 0.15) is 11.6 Å². The number of nitrogens with zero attached hydrogens (tertiary/aromatic N) is 2. The van der Waals surface area contributed by atoms with Gasteiger partial charge < -0.3 is 15.0 Å². The first-order valence-corrected chi connectivity index (χ1v) is 9.74. The van der Waals surface area contributed by atoms with Gasteiger partial charge in [0.15, 0.2) is 0 Å². The van der Waals surface area contributed by atoms with E-state index in [4.69, 9.17) is 0 Å². The summed E-state index contributed by atoms with van der Waals surface area (Å²) in [5.74, 6) is -0.358. The van der Waals surface area contributed by atoms with Crippen LogP contribution in [0.25, 0.3) is 11.0 Å². The fourth-order valence-electron chi connectivity index (χ4n) is 3.98. The third-order valence-corrected chi connectivity index (χ3v) is 5.31. The minimum atomic E-state index is -0.823. The molecule has 1 aliphatic rings. The minimum Gasteiger partial charge on any atom is -0.481 e. The average molecular weight is 389 g/mol. The van der Waals surface area contributed by atoms with Gasteiger partial charge in [0, 0.05) is 32.4 Å². The van der Waals surface area contributed by atoms with Gasteiger partial charge in [-0.15, -0.1) is 0 Å². The number of likely N-dealkylation sites (tertiary alicyclic amines) is 1. The van der Waals surface area contributed by atoms with Crippen molar-refractivity contribution in [3.63, 3.8) is 0 Å². The molecule has 0 spiro atoms. The van der Waals surface area contributed by atoms with E-state index >= 15 is 0 Å². The predicted molar refractivity (Wildman–Crippen MR) is 104 cm³/mol. The third kappa shape index (κ3) is 5.09. The van der Waals surface area contributed by atoms with E-state index in [0.717, 1.165) is 0 Å². The Kier molecular flexibility index (Phi) is 5.72. The predicted octanol–water partition coefficient (Wildman–Crippen LogP) is 3.62. The molecular formula is C21H28FN3O3. The van der Waals surface area contributed by atoms with Crippen molar-refractivity contribution in [1.82, 2.24) is 14.9 Å². The number of imidazole rings is 1. The van der Waals surface area contributed by atoms with Crippen molar-refractivity contribution in [2.24, 2.45) is 17.3 Å². The smallest absolute Gasteiger partial charge is 0.303 e. The summed E-state index contributed by atoms with van der Waals surface area (Å²) in [6, 6.07) is 4.40. The molecule has 2 heterocycles. The number of H-pyrrole nitrogens is 1. The standard InChI is InChI=1S/C21H28FN3O3/c1-21(2,3)11-19(26)25-7-6-13(9-20(27)28)14(12-25)8-18-23-16-5-4-15(22)10-17(16)24-18/h4-5,10,13-14H,6-9,11-12H2,1-3H3,(H,23,24)(H,27,28)/t13-,14-/m0/s1. The zero-order valence-electron chi connectivity index (χ0n) is 16.7. The van der Waals surface area contributed by atoms with E-state index in [1.54, 1.807) is 6.07 Å². The topological polar surface area (TPSA) is 86.3 Å². The van der Waals surface area contributed by atoms with Gasteiger partial charge in [0.2, 0.25) is 5.91 Å². The average Bonchev–Trinajstić information content (AvgIpc) is 2.95. The highest BCUT2D eigenvalue weighted by Gasteiger charge is 2.34. The third-order valence-electron chi connectivity index (χ3n) is 5.31. The number of aromatic nitrogens is 2. The first kappa shape index (κ1) is 20.3. The SMILES string of the molecule is CC(C)(C)CC(=O)N1CC[C@@H](CC(=O)O)[C@@H](Cc2nc3ccc(F)cc3[nH]2)C1. The second-order valence-corrected chi connectivity index (χ2v) is 9.03. The second-order valence-electron chi connectivity index (χ2n) is 9.03. The number of hydrogen-bond donors (Lipinski definition) is 2. The monoisotopic (exact) mass is 389 g/mol. The van der Waals surface area contributed by atoms with E-state index in [0.29, 0.717) is 49.2 Å². The van der Waals surface area contributed by atoms with Crippen LogP contribution in [0, 0.1) is 23.1 Å². The highest BCUT2D eigenvalue weighted by molar-refractivity contribution is 5.77. The van der Waals surface area contributed by atoms with Gasteiger partial charge in [-0.1, -0.05) is 20.8 Å². The number of hydrogen-bond acceptors (Lipinski definition) is 3. The zero-order chi connectivity index (χ0) is 20.5. The maximum Gasteiger partial charge on any atom is 0.303 e. The number of carbonyl (C=O) groups excluding carboxylic acids is 1. The molecule has 1 aromatic heterocycles. The van der Waals surface area contributed by atoms with Crippen LogP contribution in [0.5, 0.6) is 0 Å². The number of carboxylic acids is 1. The van der Waals surface area contributed by atoms with E-state index in [-0.39, 0.29) is 35.4 Å². The summed E-state index contributed by atoms with van der Waals surface area (Å²) in [5.41, 5.74) is 1.22. The van der Waals surface area contributed by atoms with Crippen LogP contribution in [0.2, 0.25) is 0 Å². The molecule has 28 heavy (non-hydrogen) atoms. The van der Waals surface area contributed by atoms with Crippen molar-refractivity contribution < 1.29 is 19.1 Å². The molecule has 2 aromatic rings. The number of benzene rings is 1. The Morgan fingerprint density at radius 1 is 1.32 bits per heavy atom. The summed E-state index contributed by atoms with van der Waals surface area (Å²) in [6.07, 6.45) is 1.75. The highest BCUT2D eigenvalue weighted by atomic mass is 19.1. The van der Waals surface area contributed by atoms with E-state index in [1.165, 1.54) is 12.1 Å². The lowest BCUT2D eigenvalue weighted by Crippen LogP contribution is -2.46. The lowest BCUT2D eigenvalue weighted by molar-refractivity contribution is -0.140. The number of carbonyl (C=O) groups is 2. The minimum absolute atomic E-state index is 0.000762. The molecule has 1 amide bonds. The Morgan fingerprint density at radius 3 is 2.75 bits per heavy atom. The van der Waals surface area contributed by atoms with E-state index < -0.39 is 5.97 Å². The lowest BCUT2D eigenvalue weighted by atomic mass is 9.80. The first-order chi connectivity index (χ1) is 13.1. The van der Waals surface area contributed by atoms with Gasteiger partial charge in [-0.3, -0.25) is 9.59 Å². The quantitative estimate of drug-likeness (QED) is 0.818. The number of rotatable bonds is 5. The van der Waals surface area contributed by atoms with Gasteiger partial charge >= 0.3 is 5.97 Å². The molecule has 3 rings (SSSR count). The molecule has 0 aliphatic carbocycles. The van der Waals surface area contributed by atoms with Gasteiger partial charge in [-0.2, -0.15) is 0 Å². The molecule has 2 atom stereocenters. The number of aliphatic carboxylic acids is 1. The van der Waals surface area contributed by atoms with Crippen molar-refractivity contribution in [2.75, 3.05) is 13.1 Å². The molecule has 1 saturated heterocycles. The number of halogens is 1. The maximum atomic E-state index is 13.4. The van der Waals surface area contributed by atoms with Crippen LogP contribution in [0.3, 0.4) is 0 Å². The fraction of sp³-hybridized carbons (Fsp3) is 0.571. The Labute approximate surface area is 164 Å². The molecule has 0 bridgehead atoms. The molecule has 2 N–H and O–H groups in total. The maximum absolute atomic E-state index is 13.4. The normalized spacial score (nSPS) is 20.5. The summed E-state index contributed by atoms with van der Waals surface area (Å²) in [7, 11) is 0. The Hall–Kier alpha value is -2.44.